The lowest BCUT2D eigenvalue weighted by Gasteiger charge is -2.23. The number of furan rings is 1. The quantitative estimate of drug-likeness (QED) is 0.231. The highest BCUT2D eigenvalue weighted by Gasteiger charge is 2.21. The Morgan fingerprint density at radius 2 is 1.54 bits per heavy atom. The van der Waals surface area contributed by atoms with Gasteiger partial charge < -0.3 is 13.5 Å². The van der Waals surface area contributed by atoms with Crippen molar-refractivity contribution >= 4 is 26.8 Å². The second kappa shape index (κ2) is 10.3. The molecule has 1 amide bonds. The number of carbonyl (C=O) groups is 1. The van der Waals surface area contributed by atoms with Crippen LogP contribution in [0.2, 0.25) is 0 Å². The molecule has 5 rings (SSSR count). The predicted molar refractivity (Wildman–Crippen MR) is 137 cm³/mol. The van der Waals surface area contributed by atoms with E-state index in [9.17, 15) is 17.6 Å². The third-order valence-electron chi connectivity index (χ3n) is 5.84. The zero-order valence-corrected chi connectivity index (χ0v) is 20.4. The van der Waals surface area contributed by atoms with Gasteiger partial charge in [-0.15, -0.1) is 0 Å². The van der Waals surface area contributed by atoms with Crippen LogP contribution >= 0.6 is 0 Å². The molecule has 0 fully saturated rings. The Balaban J connectivity index is 1.38. The maximum absolute atomic E-state index is 13.7. The van der Waals surface area contributed by atoms with Crippen molar-refractivity contribution in [2.24, 2.45) is 0 Å². The lowest BCUT2D eigenvalue weighted by molar-refractivity contribution is 0.0719. The summed E-state index contributed by atoms with van der Waals surface area (Å²) in [6, 6.07) is 27.7. The second-order valence-corrected chi connectivity index (χ2v) is 9.95. The maximum Gasteiger partial charge on any atom is 0.339 e. The first kappa shape index (κ1) is 24.3. The second-order valence-electron chi connectivity index (χ2n) is 8.40. The molecular formula is C29H22FNO5S. The number of halogens is 1. The highest BCUT2D eigenvalue weighted by Crippen LogP contribution is 2.24. The van der Waals surface area contributed by atoms with Crippen molar-refractivity contribution in [3.05, 3.63) is 132 Å². The molecule has 8 heteroatoms. The molecule has 0 atom stereocenters. The van der Waals surface area contributed by atoms with Crippen LogP contribution in [0.15, 0.2) is 119 Å². The largest absolute Gasteiger partial charge is 0.467 e. The summed E-state index contributed by atoms with van der Waals surface area (Å²) in [6.07, 6.45) is 1.56. The molecule has 4 aromatic carbocycles. The molecule has 0 saturated heterocycles. The first-order chi connectivity index (χ1) is 17.9. The molecule has 1 heterocycles. The van der Waals surface area contributed by atoms with E-state index in [1.165, 1.54) is 12.1 Å². The van der Waals surface area contributed by atoms with Gasteiger partial charge in [0.2, 0.25) is 0 Å². The van der Waals surface area contributed by atoms with E-state index in [-0.39, 0.29) is 29.6 Å². The molecule has 0 aliphatic carbocycles. The Bertz CT molecular complexity index is 1630. The van der Waals surface area contributed by atoms with Gasteiger partial charge in [-0.1, -0.05) is 48.5 Å². The van der Waals surface area contributed by atoms with E-state index in [2.05, 4.69) is 0 Å². The van der Waals surface area contributed by atoms with Crippen molar-refractivity contribution < 1.29 is 26.2 Å². The standard InChI is InChI=1S/C29H22FNO5S/c30-23-12-16-26(17-13-23)37(33,34)36-24-14-10-21(11-15-24)19-31(20-25-7-4-18-35-25)29(32)28-9-3-6-22-5-1-2-8-27(22)28/h1-18H,19-20H2. The van der Waals surface area contributed by atoms with Crippen LogP contribution in [0.4, 0.5) is 4.39 Å². The fourth-order valence-electron chi connectivity index (χ4n) is 4.02. The molecule has 0 aliphatic rings. The van der Waals surface area contributed by atoms with Gasteiger partial charge in [0.25, 0.3) is 5.91 Å². The predicted octanol–water partition coefficient (Wildman–Crippen LogP) is 6.18. The smallest absolute Gasteiger partial charge is 0.339 e. The first-order valence-electron chi connectivity index (χ1n) is 11.5. The first-order valence-corrected chi connectivity index (χ1v) is 12.9. The Labute approximate surface area is 213 Å². The Kier molecular flexibility index (Phi) is 6.74. The summed E-state index contributed by atoms with van der Waals surface area (Å²) in [5, 5.41) is 1.82. The summed E-state index contributed by atoms with van der Waals surface area (Å²) in [5.74, 6) is 0.0397. The van der Waals surface area contributed by atoms with Gasteiger partial charge in [0, 0.05) is 12.1 Å². The van der Waals surface area contributed by atoms with Gasteiger partial charge in [-0.05, 0) is 70.9 Å². The van der Waals surface area contributed by atoms with Crippen LogP contribution in [0.5, 0.6) is 5.75 Å². The molecule has 1 aromatic heterocycles. The van der Waals surface area contributed by atoms with Crippen molar-refractivity contribution in [3.63, 3.8) is 0 Å². The van der Waals surface area contributed by atoms with E-state index in [0.29, 0.717) is 11.3 Å². The van der Waals surface area contributed by atoms with Gasteiger partial charge in [-0.25, -0.2) is 4.39 Å². The zero-order chi connectivity index (χ0) is 25.8. The summed E-state index contributed by atoms with van der Waals surface area (Å²) < 4.78 is 48.8. The number of nitrogens with zero attached hydrogens (tertiary/aromatic N) is 1. The fraction of sp³-hybridized carbons (Fsp3) is 0.0690. The van der Waals surface area contributed by atoms with Crippen LogP contribution in [0, 0.1) is 5.82 Å². The third kappa shape index (κ3) is 5.54. The van der Waals surface area contributed by atoms with Crippen molar-refractivity contribution in [3.8, 4) is 5.75 Å². The van der Waals surface area contributed by atoms with Crippen LogP contribution in [0.1, 0.15) is 21.7 Å². The van der Waals surface area contributed by atoms with E-state index in [4.69, 9.17) is 8.60 Å². The highest BCUT2D eigenvalue weighted by atomic mass is 32.2. The highest BCUT2D eigenvalue weighted by molar-refractivity contribution is 7.87. The average Bonchev–Trinajstić information content (AvgIpc) is 3.42. The minimum absolute atomic E-state index is 0.103. The summed E-state index contributed by atoms with van der Waals surface area (Å²) in [6.45, 7) is 0.514. The van der Waals surface area contributed by atoms with Gasteiger partial charge in [0.05, 0.1) is 12.8 Å². The fourth-order valence-corrected chi connectivity index (χ4v) is 4.95. The summed E-state index contributed by atoms with van der Waals surface area (Å²) in [4.78, 5) is 15.2. The number of fused-ring (bicyclic) bond motifs is 1. The van der Waals surface area contributed by atoms with E-state index >= 15 is 0 Å². The molecule has 6 nitrogen and oxygen atoms in total. The summed E-state index contributed by atoms with van der Waals surface area (Å²) in [7, 11) is -4.11. The monoisotopic (exact) mass is 515 g/mol. The number of hydrogen-bond donors (Lipinski definition) is 0. The number of amides is 1. The Hall–Kier alpha value is -4.43. The average molecular weight is 516 g/mol. The molecule has 0 bridgehead atoms. The molecule has 0 N–H and O–H groups in total. The number of hydrogen-bond acceptors (Lipinski definition) is 5. The molecule has 0 spiro atoms. The number of rotatable bonds is 8. The van der Waals surface area contributed by atoms with Crippen LogP contribution in [0.25, 0.3) is 10.8 Å². The van der Waals surface area contributed by atoms with Crippen molar-refractivity contribution in [2.45, 2.75) is 18.0 Å². The van der Waals surface area contributed by atoms with E-state index in [1.807, 2.05) is 36.4 Å². The molecule has 0 saturated carbocycles. The molecule has 0 aliphatic heterocycles. The number of benzene rings is 4. The van der Waals surface area contributed by atoms with Crippen LogP contribution in [0.3, 0.4) is 0 Å². The minimum atomic E-state index is -4.11. The topological polar surface area (TPSA) is 76.8 Å². The normalized spacial score (nSPS) is 11.4. The van der Waals surface area contributed by atoms with Gasteiger partial charge in [0.1, 0.15) is 22.2 Å². The Morgan fingerprint density at radius 3 is 2.27 bits per heavy atom. The maximum atomic E-state index is 13.7. The molecule has 5 aromatic rings. The van der Waals surface area contributed by atoms with Crippen LogP contribution in [-0.2, 0) is 23.2 Å². The van der Waals surface area contributed by atoms with Gasteiger partial charge >= 0.3 is 10.1 Å². The van der Waals surface area contributed by atoms with Crippen molar-refractivity contribution in [1.29, 1.82) is 0 Å². The van der Waals surface area contributed by atoms with Gasteiger partial charge in [-0.2, -0.15) is 8.42 Å². The summed E-state index contributed by atoms with van der Waals surface area (Å²) >= 11 is 0. The van der Waals surface area contributed by atoms with Crippen molar-refractivity contribution in [1.82, 2.24) is 4.90 Å². The number of carbonyl (C=O) groups excluding carboxylic acids is 1. The Morgan fingerprint density at radius 1 is 0.811 bits per heavy atom. The van der Waals surface area contributed by atoms with Crippen LogP contribution in [-0.4, -0.2) is 19.2 Å². The van der Waals surface area contributed by atoms with E-state index < -0.39 is 15.9 Å². The van der Waals surface area contributed by atoms with Crippen molar-refractivity contribution in [2.75, 3.05) is 0 Å². The lowest BCUT2D eigenvalue weighted by atomic mass is 10.0. The van der Waals surface area contributed by atoms with E-state index in [0.717, 1.165) is 40.6 Å². The molecule has 0 radical (unpaired) electrons. The molecule has 0 unspecified atom stereocenters. The lowest BCUT2D eigenvalue weighted by Crippen LogP contribution is -2.30. The SMILES string of the molecule is O=C(c1cccc2ccccc12)N(Cc1ccc(OS(=O)(=O)c2ccc(F)cc2)cc1)Cc1ccco1. The summed E-state index contributed by atoms with van der Waals surface area (Å²) in [5.41, 5.74) is 1.35. The van der Waals surface area contributed by atoms with Gasteiger partial charge in [0.15, 0.2) is 0 Å². The third-order valence-corrected chi connectivity index (χ3v) is 7.10. The minimum Gasteiger partial charge on any atom is -0.467 e. The van der Waals surface area contributed by atoms with E-state index in [1.54, 1.807) is 41.5 Å². The molecular weight excluding hydrogens is 493 g/mol. The van der Waals surface area contributed by atoms with Crippen LogP contribution < -0.4 is 4.18 Å². The molecule has 186 valence electrons. The van der Waals surface area contributed by atoms with Gasteiger partial charge in [-0.3, -0.25) is 4.79 Å². The zero-order valence-electron chi connectivity index (χ0n) is 19.6. The molecule has 37 heavy (non-hydrogen) atoms.